The van der Waals surface area contributed by atoms with Gasteiger partial charge in [0.2, 0.25) is 0 Å². The monoisotopic (exact) mass is 1230 g/mol. The third-order valence-corrected chi connectivity index (χ3v) is 17.2. The minimum Gasteiger partial charge on any atom is -0.510 e. The number of unbranched alkanes of at least 4 members (excludes halogenated alkanes) is 24. The quantitative estimate of drug-likeness (QED) is 0.00570. The zero-order chi connectivity index (χ0) is 64.7. The number of ketones is 1. The second-order valence-corrected chi connectivity index (χ2v) is 24.7. The van der Waals surface area contributed by atoms with E-state index < -0.39 is 23.6 Å². The van der Waals surface area contributed by atoms with Crippen molar-refractivity contribution in [2.45, 2.75) is 299 Å². The number of carbonyl (C=O) groups excluding carboxylic acids is 5. The molecule has 14 nitrogen and oxygen atoms in total. The van der Waals surface area contributed by atoms with E-state index in [0.29, 0.717) is 49.4 Å². The fraction of sp³-hybridized carbons (Fsp3) is 0.730. The van der Waals surface area contributed by atoms with E-state index in [1.807, 2.05) is 30.3 Å². The maximum absolute atomic E-state index is 13.2. The Bertz CT molecular complexity index is 2190. The van der Waals surface area contributed by atoms with Crippen molar-refractivity contribution in [3.63, 3.8) is 0 Å². The second kappa shape index (κ2) is 55.6. The normalized spacial score (nSPS) is 13.2. The number of benzene rings is 2. The van der Waals surface area contributed by atoms with Crippen molar-refractivity contribution in [1.82, 2.24) is 10.6 Å². The number of rotatable bonds is 54. The maximum Gasteiger partial charge on any atom is 0.340 e. The number of aliphatic hydroxyl groups excluding tert-OH is 1. The van der Waals surface area contributed by atoms with Crippen LogP contribution in [0.25, 0.3) is 0 Å². The molecular formula is C74H126N6O8. The number of Topliss-reactive ketones (excluding diaryl/α,β-unsaturated/α-hetero) is 1. The van der Waals surface area contributed by atoms with Crippen molar-refractivity contribution in [3.05, 3.63) is 77.2 Å². The Morgan fingerprint density at radius 3 is 1.26 bits per heavy atom. The molecule has 0 aliphatic carbocycles. The number of allylic oxidation sites excluding steroid dienone is 1. The predicted octanol–water partition coefficient (Wildman–Crippen LogP) is 20.1. The van der Waals surface area contributed by atoms with Crippen LogP contribution in [-0.4, -0.2) is 66.7 Å². The van der Waals surface area contributed by atoms with Crippen LogP contribution in [-0.2, 0) is 23.9 Å². The van der Waals surface area contributed by atoms with Crippen molar-refractivity contribution in [2.24, 2.45) is 44.8 Å². The molecule has 0 saturated carbocycles. The SMILES string of the molecule is CCCCC(CC)CNC(=O)/C(=N\N)C(C)=O.CCCCCCCCCC(CCCCCCCCOC(=O)c1ccccc1)C(CCCCCCCCC)CCCCCCCCOC(=O)c1ccccc1N=NC(C(=O)NCC(CC)CCCC)=C(C)O. The Hall–Kier alpha value is -5.40. The van der Waals surface area contributed by atoms with Crippen molar-refractivity contribution < 1.29 is 38.6 Å². The van der Waals surface area contributed by atoms with Crippen LogP contribution in [0.5, 0.6) is 0 Å². The van der Waals surface area contributed by atoms with Gasteiger partial charge in [-0.25, -0.2) is 9.59 Å². The van der Waals surface area contributed by atoms with Crippen molar-refractivity contribution >= 4 is 40.9 Å². The third kappa shape index (κ3) is 40.3. The lowest BCUT2D eigenvalue weighted by Gasteiger charge is -2.28. The molecular weight excluding hydrogens is 1100 g/mol. The van der Waals surface area contributed by atoms with Crippen LogP contribution < -0.4 is 16.5 Å². The summed E-state index contributed by atoms with van der Waals surface area (Å²) < 4.78 is 11.2. The summed E-state index contributed by atoms with van der Waals surface area (Å²) in [6.45, 7) is 17.7. The zero-order valence-electron chi connectivity index (χ0n) is 56.9. The highest BCUT2D eigenvalue weighted by atomic mass is 16.5. The molecule has 4 atom stereocenters. The number of hydrogen-bond donors (Lipinski definition) is 4. The first-order chi connectivity index (χ1) is 42.8. The first-order valence-electron chi connectivity index (χ1n) is 35.5. The van der Waals surface area contributed by atoms with Crippen molar-refractivity contribution in [1.29, 1.82) is 0 Å². The average molecular weight is 1230 g/mol. The Kier molecular flexibility index (Phi) is 51.0. The largest absolute Gasteiger partial charge is 0.510 e. The summed E-state index contributed by atoms with van der Waals surface area (Å²) >= 11 is 0. The van der Waals surface area contributed by atoms with Gasteiger partial charge in [-0.2, -0.15) is 5.10 Å². The Labute approximate surface area is 535 Å². The number of azo groups is 1. The van der Waals surface area contributed by atoms with E-state index in [2.05, 4.69) is 67.5 Å². The van der Waals surface area contributed by atoms with Gasteiger partial charge < -0.3 is 31.1 Å². The minimum atomic E-state index is -0.483. The summed E-state index contributed by atoms with van der Waals surface area (Å²) in [7, 11) is 0. The van der Waals surface area contributed by atoms with Crippen LogP contribution >= 0.6 is 0 Å². The molecule has 0 bridgehead atoms. The number of ether oxygens (including phenoxy) is 2. The minimum absolute atomic E-state index is 0.165. The second-order valence-electron chi connectivity index (χ2n) is 24.7. The van der Waals surface area contributed by atoms with E-state index in [4.69, 9.17) is 15.3 Å². The zero-order valence-corrected chi connectivity index (χ0v) is 56.9. The maximum atomic E-state index is 13.2. The van der Waals surface area contributed by atoms with E-state index in [1.54, 1.807) is 24.3 Å². The summed E-state index contributed by atoms with van der Waals surface area (Å²) in [6.07, 6.45) is 47.2. The number of nitrogens with two attached hydrogens (primary N) is 1. The average Bonchev–Trinajstić information content (AvgIpc) is 3.73. The van der Waals surface area contributed by atoms with Gasteiger partial charge in [-0.3, -0.25) is 14.4 Å². The topological polar surface area (TPSA) is 211 Å². The van der Waals surface area contributed by atoms with E-state index in [1.165, 1.54) is 174 Å². The molecule has 2 aromatic carbocycles. The molecule has 0 fully saturated rings. The van der Waals surface area contributed by atoms with Crippen LogP contribution in [0.4, 0.5) is 5.69 Å². The first kappa shape index (κ1) is 80.6. The van der Waals surface area contributed by atoms with Crippen molar-refractivity contribution in [2.75, 3.05) is 26.3 Å². The standard InChI is InChI=1S/C62H103N3O6.C12H23N3O2/c1-6-10-13-15-17-23-30-41-54(43-32-25-19-21-27-38-49-70-61(68)56-45-34-29-35-46-56)55(42-31-24-18-16-14-11-7-2)44-33-26-20-22-28-39-50-71-62(69)57-47-36-37-48-58(57)64-65-59(52(5)66)60(67)63-51-53(9-4)40-12-8-3;1-4-6-7-10(5-2)8-14-12(17)11(15-13)9(3)16/h29,34-37,45-48,53-55,66H,6-28,30-33,38-44,49-51H2,1-5H3,(H,63,67);10H,4-8,13H2,1-3H3,(H,14,17)/b;15-11-. The van der Waals surface area contributed by atoms with Crippen LogP contribution in [0.1, 0.15) is 320 Å². The predicted molar refractivity (Wildman–Crippen MR) is 365 cm³/mol. The number of amides is 2. The lowest BCUT2D eigenvalue weighted by atomic mass is 9.78. The van der Waals surface area contributed by atoms with E-state index in [9.17, 15) is 29.1 Å². The van der Waals surface area contributed by atoms with Gasteiger partial charge in [-0.05, 0) is 80.5 Å². The highest BCUT2D eigenvalue weighted by Crippen LogP contribution is 2.34. The van der Waals surface area contributed by atoms with Crippen molar-refractivity contribution in [3.8, 4) is 0 Å². The molecule has 2 aromatic rings. The summed E-state index contributed by atoms with van der Waals surface area (Å²) in [4.78, 5) is 61.0. The number of nitrogens with one attached hydrogen (secondary N) is 2. The smallest absolute Gasteiger partial charge is 0.340 e. The van der Waals surface area contributed by atoms with E-state index in [0.717, 1.165) is 95.3 Å². The Morgan fingerprint density at radius 2 is 0.852 bits per heavy atom. The highest BCUT2D eigenvalue weighted by molar-refractivity contribution is 6.65. The molecule has 500 valence electrons. The van der Waals surface area contributed by atoms with Gasteiger partial charge in [0, 0.05) is 20.0 Å². The number of esters is 2. The van der Waals surface area contributed by atoms with Crippen LogP contribution in [0.3, 0.4) is 0 Å². The molecule has 2 amide bonds. The number of aliphatic hydroxyl groups is 1. The molecule has 0 radical (unpaired) electrons. The summed E-state index contributed by atoms with van der Waals surface area (Å²) in [5.41, 5.74) is 0.826. The number of nitrogens with zero attached hydrogens (tertiary/aromatic N) is 3. The third-order valence-electron chi connectivity index (χ3n) is 17.2. The van der Waals surface area contributed by atoms with Crippen LogP contribution in [0.15, 0.2) is 81.4 Å². The molecule has 0 aromatic heterocycles. The number of hydrogen-bond acceptors (Lipinski definition) is 12. The summed E-state index contributed by atoms with van der Waals surface area (Å²) in [5.74, 6) is 5.19. The fourth-order valence-corrected chi connectivity index (χ4v) is 11.4. The van der Waals surface area contributed by atoms with Crippen LogP contribution in [0.2, 0.25) is 0 Å². The molecule has 0 aliphatic heterocycles. The van der Waals surface area contributed by atoms with Gasteiger partial charge in [0.15, 0.2) is 17.2 Å². The lowest BCUT2D eigenvalue weighted by Crippen LogP contribution is -2.38. The number of carbonyl (C=O) groups is 5. The molecule has 14 heteroatoms. The van der Waals surface area contributed by atoms with E-state index >= 15 is 0 Å². The Morgan fingerprint density at radius 1 is 0.466 bits per heavy atom. The molecule has 0 heterocycles. The Balaban J connectivity index is 0.00000196. The van der Waals surface area contributed by atoms with Gasteiger partial charge in [-0.1, -0.05) is 290 Å². The molecule has 0 aliphatic rings. The fourth-order valence-electron chi connectivity index (χ4n) is 11.4. The van der Waals surface area contributed by atoms with E-state index in [-0.39, 0.29) is 28.7 Å². The highest BCUT2D eigenvalue weighted by Gasteiger charge is 2.22. The molecule has 88 heavy (non-hydrogen) atoms. The molecule has 5 N–H and O–H groups in total. The lowest BCUT2D eigenvalue weighted by molar-refractivity contribution is -0.118. The van der Waals surface area contributed by atoms with Crippen LogP contribution in [0, 0.1) is 23.7 Å². The molecule has 4 unspecified atom stereocenters. The molecule has 0 spiro atoms. The summed E-state index contributed by atoms with van der Waals surface area (Å²) in [6, 6.07) is 16.1. The van der Waals surface area contributed by atoms with Gasteiger partial charge in [0.05, 0.1) is 24.3 Å². The summed E-state index contributed by atoms with van der Waals surface area (Å²) in [5, 5.41) is 27.4. The number of hydrazone groups is 1. The molecule has 2 rings (SSSR count). The van der Waals surface area contributed by atoms with Gasteiger partial charge >= 0.3 is 11.9 Å². The first-order valence-corrected chi connectivity index (χ1v) is 35.5. The van der Waals surface area contributed by atoms with Gasteiger partial charge in [0.1, 0.15) is 11.4 Å². The van der Waals surface area contributed by atoms with Gasteiger partial charge in [-0.15, -0.1) is 10.2 Å². The van der Waals surface area contributed by atoms with Gasteiger partial charge in [0.25, 0.3) is 11.8 Å². The molecule has 0 saturated heterocycles.